The molecule has 0 radical (unpaired) electrons. The van der Waals surface area contributed by atoms with E-state index in [1.165, 1.54) is 4.31 Å². The lowest BCUT2D eigenvalue weighted by Gasteiger charge is -2.15. The molecule has 1 saturated heterocycles. The van der Waals surface area contributed by atoms with Crippen LogP contribution < -0.4 is 15.8 Å². The highest BCUT2D eigenvalue weighted by Crippen LogP contribution is 2.21. The normalized spacial score (nSPS) is 14.4. The first-order valence-corrected chi connectivity index (χ1v) is 11.1. The third-order valence-electron chi connectivity index (χ3n) is 4.79. The molecule has 0 unspecified atom stereocenters. The van der Waals surface area contributed by atoms with Gasteiger partial charge in [-0.05, 0) is 48.2 Å². The van der Waals surface area contributed by atoms with Crippen molar-refractivity contribution in [3.05, 3.63) is 59.7 Å². The van der Waals surface area contributed by atoms with Crippen molar-refractivity contribution in [2.75, 3.05) is 19.7 Å². The number of ether oxygens (including phenoxy) is 1. The van der Waals surface area contributed by atoms with Crippen LogP contribution in [-0.4, -0.2) is 44.2 Å². The average molecular weight is 432 g/mol. The van der Waals surface area contributed by atoms with Gasteiger partial charge in [-0.25, -0.2) is 8.42 Å². The molecule has 9 heteroatoms. The quantitative estimate of drug-likeness (QED) is 0.618. The number of rotatable bonds is 9. The highest BCUT2D eigenvalue weighted by Gasteiger charge is 2.26. The van der Waals surface area contributed by atoms with Crippen molar-refractivity contribution in [1.29, 1.82) is 0 Å². The molecule has 3 N–H and O–H groups in total. The predicted molar refractivity (Wildman–Crippen MR) is 111 cm³/mol. The van der Waals surface area contributed by atoms with Gasteiger partial charge in [0.1, 0.15) is 5.75 Å². The van der Waals surface area contributed by atoms with Gasteiger partial charge in [-0.1, -0.05) is 24.3 Å². The van der Waals surface area contributed by atoms with E-state index in [1.807, 2.05) is 0 Å². The molecule has 1 aliphatic heterocycles. The SMILES string of the molecule is NC(=O)Cc1ccc(OCC(=O)NCc2ccc(S(=O)(=O)N3CCCC3)cc2)cc1. The maximum Gasteiger partial charge on any atom is 0.258 e. The van der Waals surface area contributed by atoms with E-state index in [-0.39, 0.29) is 30.4 Å². The van der Waals surface area contributed by atoms with Crippen molar-refractivity contribution in [2.24, 2.45) is 5.73 Å². The standard InChI is InChI=1S/C21H25N3O5S/c22-20(25)13-16-3-7-18(8-4-16)29-15-21(26)23-14-17-5-9-19(10-6-17)30(27,28)24-11-1-2-12-24/h3-10H,1-2,11-15H2,(H2,22,25)(H,23,26). The third kappa shape index (κ3) is 5.80. The van der Waals surface area contributed by atoms with E-state index in [0.29, 0.717) is 18.8 Å². The number of nitrogens with one attached hydrogen (secondary N) is 1. The number of carbonyl (C=O) groups is 2. The highest BCUT2D eigenvalue weighted by atomic mass is 32.2. The van der Waals surface area contributed by atoms with Gasteiger partial charge in [0, 0.05) is 19.6 Å². The molecule has 0 aliphatic carbocycles. The number of primary amides is 1. The van der Waals surface area contributed by atoms with Gasteiger partial charge in [-0.3, -0.25) is 9.59 Å². The summed E-state index contributed by atoms with van der Waals surface area (Å²) in [7, 11) is -3.44. The summed E-state index contributed by atoms with van der Waals surface area (Å²) >= 11 is 0. The van der Waals surface area contributed by atoms with Crippen LogP contribution in [0.25, 0.3) is 0 Å². The molecule has 1 fully saturated rings. The van der Waals surface area contributed by atoms with Crippen LogP contribution in [0, 0.1) is 0 Å². The molecule has 0 spiro atoms. The zero-order valence-electron chi connectivity index (χ0n) is 16.5. The summed E-state index contributed by atoms with van der Waals surface area (Å²) in [6.07, 6.45) is 1.94. The number of sulfonamides is 1. The van der Waals surface area contributed by atoms with Gasteiger partial charge in [0.15, 0.2) is 6.61 Å². The molecule has 1 heterocycles. The summed E-state index contributed by atoms with van der Waals surface area (Å²) in [6, 6.07) is 13.3. The van der Waals surface area contributed by atoms with Gasteiger partial charge in [0.05, 0.1) is 11.3 Å². The van der Waals surface area contributed by atoms with Crippen molar-refractivity contribution in [3.63, 3.8) is 0 Å². The fraction of sp³-hybridized carbons (Fsp3) is 0.333. The second kappa shape index (κ2) is 9.73. The fourth-order valence-corrected chi connectivity index (χ4v) is 4.68. The van der Waals surface area contributed by atoms with Crippen LogP contribution in [0.4, 0.5) is 0 Å². The smallest absolute Gasteiger partial charge is 0.258 e. The Morgan fingerprint density at radius 2 is 1.57 bits per heavy atom. The Hall–Kier alpha value is -2.91. The van der Waals surface area contributed by atoms with Gasteiger partial charge in [-0.15, -0.1) is 0 Å². The molecule has 2 aromatic rings. The minimum atomic E-state index is -3.44. The Morgan fingerprint density at radius 3 is 2.17 bits per heavy atom. The maximum atomic E-state index is 12.5. The Kier molecular flexibility index (Phi) is 7.07. The molecule has 3 rings (SSSR count). The minimum absolute atomic E-state index is 0.152. The van der Waals surface area contributed by atoms with Crippen LogP contribution in [0.1, 0.15) is 24.0 Å². The molecule has 0 bridgehead atoms. The van der Waals surface area contributed by atoms with E-state index < -0.39 is 15.9 Å². The number of nitrogens with two attached hydrogens (primary N) is 1. The van der Waals surface area contributed by atoms with Crippen molar-refractivity contribution in [3.8, 4) is 5.75 Å². The lowest BCUT2D eigenvalue weighted by Crippen LogP contribution is -2.29. The molecule has 8 nitrogen and oxygen atoms in total. The van der Waals surface area contributed by atoms with Crippen LogP contribution in [0.5, 0.6) is 5.75 Å². The number of hydrogen-bond donors (Lipinski definition) is 2. The van der Waals surface area contributed by atoms with Gasteiger partial charge >= 0.3 is 0 Å². The first kappa shape index (κ1) is 21.8. The van der Waals surface area contributed by atoms with Crippen LogP contribution >= 0.6 is 0 Å². The largest absolute Gasteiger partial charge is 0.484 e. The summed E-state index contributed by atoms with van der Waals surface area (Å²) < 4.78 is 32.0. The van der Waals surface area contributed by atoms with Gasteiger partial charge in [0.2, 0.25) is 15.9 Å². The molecular formula is C21H25N3O5S. The average Bonchev–Trinajstić information content (AvgIpc) is 3.27. The highest BCUT2D eigenvalue weighted by molar-refractivity contribution is 7.89. The molecule has 0 aromatic heterocycles. The summed E-state index contributed by atoms with van der Waals surface area (Å²) in [5, 5.41) is 2.74. The van der Waals surface area contributed by atoms with Crippen molar-refractivity contribution < 1.29 is 22.7 Å². The molecule has 2 amide bonds. The van der Waals surface area contributed by atoms with Crippen LogP contribution in [0.15, 0.2) is 53.4 Å². The molecule has 30 heavy (non-hydrogen) atoms. The number of carbonyl (C=O) groups excluding carboxylic acids is 2. The summed E-state index contributed by atoms with van der Waals surface area (Å²) in [4.78, 5) is 23.2. The predicted octanol–water partition coefficient (Wildman–Crippen LogP) is 1.19. The van der Waals surface area contributed by atoms with E-state index in [2.05, 4.69) is 5.32 Å². The van der Waals surface area contributed by atoms with E-state index in [1.54, 1.807) is 48.5 Å². The monoisotopic (exact) mass is 431 g/mol. The Balaban J connectivity index is 1.46. The Bertz CT molecular complexity index is 982. The van der Waals surface area contributed by atoms with Crippen LogP contribution in [-0.2, 0) is 32.6 Å². The van der Waals surface area contributed by atoms with Crippen LogP contribution in [0.3, 0.4) is 0 Å². The Morgan fingerprint density at radius 1 is 0.967 bits per heavy atom. The van der Waals surface area contributed by atoms with E-state index in [4.69, 9.17) is 10.5 Å². The third-order valence-corrected chi connectivity index (χ3v) is 6.70. The fourth-order valence-electron chi connectivity index (χ4n) is 3.16. The second-order valence-corrected chi connectivity index (χ2v) is 9.05. The summed E-state index contributed by atoms with van der Waals surface area (Å²) in [6.45, 7) is 1.24. The van der Waals surface area contributed by atoms with Gasteiger partial charge in [0.25, 0.3) is 5.91 Å². The molecule has 0 atom stereocenters. The molecule has 160 valence electrons. The maximum absolute atomic E-state index is 12.5. The van der Waals surface area contributed by atoms with Gasteiger partial charge in [-0.2, -0.15) is 4.31 Å². The zero-order chi connectivity index (χ0) is 21.6. The minimum Gasteiger partial charge on any atom is -0.484 e. The number of nitrogens with zero attached hydrogens (tertiary/aromatic N) is 1. The molecule has 0 saturated carbocycles. The first-order chi connectivity index (χ1) is 14.3. The lowest BCUT2D eigenvalue weighted by molar-refractivity contribution is -0.123. The number of amides is 2. The topological polar surface area (TPSA) is 119 Å². The zero-order valence-corrected chi connectivity index (χ0v) is 17.4. The van der Waals surface area contributed by atoms with E-state index in [9.17, 15) is 18.0 Å². The lowest BCUT2D eigenvalue weighted by atomic mass is 10.1. The van der Waals surface area contributed by atoms with Gasteiger partial charge < -0.3 is 15.8 Å². The number of hydrogen-bond acceptors (Lipinski definition) is 5. The van der Waals surface area contributed by atoms with Crippen molar-refractivity contribution in [1.82, 2.24) is 9.62 Å². The molecule has 1 aliphatic rings. The van der Waals surface area contributed by atoms with E-state index in [0.717, 1.165) is 24.0 Å². The Labute approximate surface area is 176 Å². The van der Waals surface area contributed by atoms with E-state index >= 15 is 0 Å². The molecule has 2 aromatic carbocycles. The molecular weight excluding hydrogens is 406 g/mol. The second-order valence-electron chi connectivity index (χ2n) is 7.11. The van der Waals surface area contributed by atoms with Crippen molar-refractivity contribution >= 4 is 21.8 Å². The van der Waals surface area contributed by atoms with Crippen LogP contribution in [0.2, 0.25) is 0 Å². The first-order valence-electron chi connectivity index (χ1n) is 9.70. The number of benzene rings is 2. The van der Waals surface area contributed by atoms with Crippen molar-refractivity contribution in [2.45, 2.75) is 30.7 Å². The summed E-state index contributed by atoms with van der Waals surface area (Å²) in [5.41, 5.74) is 6.71. The summed E-state index contributed by atoms with van der Waals surface area (Å²) in [5.74, 6) is -0.204.